The summed E-state index contributed by atoms with van der Waals surface area (Å²) in [5.41, 5.74) is 9.00. The molecule has 2 aromatic rings. The number of nitrogens with one attached hydrogen (secondary N) is 2. The highest BCUT2D eigenvalue weighted by Gasteiger charge is 1.99. The lowest BCUT2D eigenvalue weighted by molar-refractivity contribution is 0.185. The SMILES string of the molecule is COCc1ccc(CNc2cccc(NC(N)=O)c2)cc1. The van der Waals surface area contributed by atoms with Gasteiger partial charge in [-0.25, -0.2) is 4.79 Å². The Bertz CT molecular complexity index is 597. The Balaban J connectivity index is 1.94. The summed E-state index contributed by atoms with van der Waals surface area (Å²) in [6, 6.07) is 15.1. The van der Waals surface area contributed by atoms with Gasteiger partial charge in [0.1, 0.15) is 0 Å². The summed E-state index contributed by atoms with van der Waals surface area (Å²) in [4.78, 5) is 10.8. The minimum Gasteiger partial charge on any atom is -0.381 e. The van der Waals surface area contributed by atoms with Crippen LogP contribution in [-0.4, -0.2) is 13.1 Å². The van der Waals surface area contributed by atoms with Gasteiger partial charge in [-0.2, -0.15) is 0 Å². The van der Waals surface area contributed by atoms with Gasteiger partial charge < -0.3 is 21.1 Å². The molecule has 2 amide bonds. The summed E-state index contributed by atoms with van der Waals surface area (Å²) in [6.07, 6.45) is 0. The van der Waals surface area contributed by atoms with Gasteiger partial charge in [0.2, 0.25) is 0 Å². The van der Waals surface area contributed by atoms with Crippen LogP contribution in [0.2, 0.25) is 0 Å². The zero-order chi connectivity index (χ0) is 15.1. The van der Waals surface area contributed by atoms with Crippen LogP contribution < -0.4 is 16.4 Å². The number of hydrogen-bond acceptors (Lipinski definition) is 3. The van der Waals surface area contributed by atoms with Crippen molar-refractivity contribution in [3.05, 3.63) is 59.7 Å². The van der Waals surface area contributed by atoms with Crippen LogP contribution in [0.3, 0.4) is 0 Å². The summed E-state index contributed by atoms with van der Waals surface area (Å²) in [5.74, 6) is 0. The molecule has 0 heterocycles. The van der Waals surface area contributed by atoms with E-state index < -0.39 is 6.03 Å². The summed E-state index contributed by atoms with van der Waals surface area (Å²) < 4.78 is 5.08. The number of anilines is 2. The predicted octanol–water partition coefficient (Wildman–Crippen LogP) is 2.94. The van der Waals surface area contributed by atoms with Crippen molar-refractivity contribution < 1.29 is 9.53 Å². The van der Waals surface area contributed by atoms with Crippen molar-refractivity contribution in [1.82, 2.24) is 0 Å². The first-order valence-electron chi connectivity index (χ1n) is 6.64. The first-order valence-corrected chi connectivity index (χ1v) is 6.64. The third-order valence-electron chi connectivity index (χ3n) is 2.96. The lowest BCUT2D eigenvalue weighted by Crippen LogP contribution is -2.19. The Kier molecular flexibility index (Phi) is 5.17. The van der Waals surface area contributed by atoms with Crippen molar-refractivity contribution in [1.29, 1.82) is 0 Å². The number of urea groups is 1. The van der Waals surface area contributed by atoms with E-state index in [2.05, 4.69) is 22.8 Å². The van der Waals surface area contributed by atoms with Gasteiger partial charge in [-0.15, -0.1) is 0 Å². The molecule has 0 bridgehead atoms. The Morgan fingerprint density at radius 3 is 2.43 bits per heavy atom. The van der Waals surface area contributed by atoms with Gasteiger partial charge in [0.05, 0.1) is 6.61 Å². The molecule has 0 atom stereocenters. The number of benzene rings is 2. The lowest BCUT2D eigenvalue weighted by atomic mass is 10.1. The third-order valence-corrected chi connectivity index (χ3v) is 2.96. The molecule has 5 heteroatoms. The standard InChI is InChI=1S/C16H19N3O2/c1-21-11-13-7-5-12(6-8-13)10-18-14-3-2-4-15(9-14)19-16(17)20/h2-9,18H,10-11H2,1H3,(H3,17,19,20). The van der Waals surface area contributed by atoms with Crippen LogP contribution in [0, 0.1) is 0 Å². The van der Waals surface area contributed by atoms with Gasteiger partial charge >= 0.3 is 6.03 Å². The maximum Gasteiger partial charge on any atom is 0.316 e. The number of primary amides is 1. The monoisotopic (exact) mass is 285 g/mol. The van der Waals surface area contributed by atoms with E-state index in [0.717, 1.165) is 11.3 Å². The molecule has 0 saturated carbocycles. The van der Waals surface area contributed by atoms with E-state index in [9.17, 15) is 4.79 Å². The second-order valence-electron chi connectivity index (χ2n) is 4.67. The molecule has 0 aromatic heterocycles. The highest BCUT2D eigenvalue weighted by atomic mass is 16.5. The van der Waals surface area contributed by atoms with Crippen molar-refractivity contribution >= 4 is 17.4 Å². The van der Waals surface area contributed by atoms with E-state index in [1.165, 1.54) is 5.56 Å². The van der Waals surface area contributed by atoms with Gasteiger partial charge in [0.15, 0.2) is 0 Å². The van der Waals surface area contributed by atoms with Gasteiger partial charge in [0, 0.05) is 25.0 Å². The highest BCUT2D eigenvalue weighted by molar-refractivity contribution is 5.88. The van der Waals surface area contributed by atoms with E-state index >= 15 is 0 Å². The van der Waals surface area contributed by atoms with Crippen LogP contribution in [0.1, 0.15) is 11.1 Å². The topological polar surface area (TPSA) is 76.4 Å². The maximum atomic E-state index is 10.8. The molecule has 0 fully saturated rings. The fourth-order valence-electron chi connectivity index (χ4n) is 1.97. The molecular formula is C16H19N3O2. The molecule has 0 saturated heterocycles. The number of hydrogen-bond donors (Lipinski definition) is 3. The van der Waals surface area contributed by atoms with Crippen LogP contribution in [0.25, 0.3) is 0 Å². The average Bonchev–Trinajstić information content (AvgIpc) is 2.47. The van der Waals surface area contributed by atoms with Crippen molar-refractivity contribution in [2.24, 2.45) is 5.73 Å². The summed E-state index contributed by atoms with van der Waals surface area (Å²) in [7, 11) is 1.68. The molecule has 2 aromatic carbocycles. The molecule has 2 rings (SSSR count). The largest absolute Gasteiger partial charge is 0.381 e. The number of methoxy groups -OCH3 is 1. The van der Waals surface area contributed by atoms with Crippen LogP contribution in [0.5, 0.6) is 0 Å². The van der Waals surface area contributed by atoms with Gasteiger partial charge in [-0.3, -0.25) is 0 Å². The molecule has 0 unspecified atom stereocenters. The lowest BCUT2D eigenvalue weighted by Gasteiger charge is -2.09. The van der Waals surface area contributed by atoms with Crippen LogP contribution >= 0.6 is 0 Å². The maximum absolute atomic E-state index is 10.8. The molecule has 0 spiro atoms. The van der Waals surface area contributed by atoms with Gasteiger partial charge in [-0.1, -0.05) is 30.3 Å². The fraction of sp³-hybridized carbons (Fsp3) is 0.188. The van der Waals surface area contributed by atoms with E-state index in [1.807, 2.05) is 30.3 Å². The molecule has 0 aliphatic rings. The molecule has 0 radical (unpaired) electrons. The number of nitrogens with two attached hydrogens (primary N) is 1. The predicted molar refractivity (Wildman–Crippen MR) is 84.1 cm³/mol. The van der Waals surface area contributed by atoms with E-state index in [0.29, 0.717) is 18.8 Å². The van der Waals surface area contributed by atoms with Gasteiger partial charge in [-0.05, 0) is 29.3 Å². The number of rotatable bonds is 6. The molecule has 5 nitrogen and oxygen atoms in total. The number of amides is 2. The molecule has 4 N–H and O–H groups in total. The summed E-state index contributed by atoms with van der Waals surface area (Å²) in [6.45, 7) is 1.32. The van der Waals surface area contributed by atoms with Crippen LogP contribution in [-0.2, 0) is 17.9 Å². The van der Waals surface area contributed by atoms with Crippen molar-refractivity contribution in [3.63, 3.8) is 0 Å². The normalized spacial score (nSPS) is 10.1. The number of ether oxygens (including phenoxy) is 1. The first kappa shape index (κ1) is 14.9. The first-order chi connectivity index (χ1) is 10.2. The molecular weight excluding hydrogens is 266 g/mol. The average molecular weight is 285 g/mol. The number of carbonyl (C=O) groups is 1. The Morgan fingerprint density at radius 1 is 1.10 bits per heavy atom. The minimum absolute atomic E-state index is 0.569. The Hall–Kier alpha value is -2.53. The fourth-order valence-corrected chi connectivity index (χ4v) is 1.97. The summed E-state index contributed by atoms with van der Waals surface area (Å²) in [5, 5.41) is 5.85. The van der Waals surface area contributed by atoms with Crippen molar-refractivity contribution in [3.8, 4) is 0 Å². The Morgan fingerprint density at radius 2 is 1.76 bits per heavy atom. The van der Waals surface area contributed by atoms with Crippen molar-refractivity contribution in [2.75, 3.05) is 17.7 Å². The molecule has 21 heavy (non-hydrogen) atoms. The zero-order valence-corrected chi connectivity index (χ0v) is 11.9. The number of carbonyl (C=O) groups excluding carboxylic acids is 1. The minimum atomic E-state index is -0.569. The van der Waals surface area contributed by atoms with Crippen LogP contribution in [0.15, 0.2) is 48.5 Å². The second kappa shape index (κ2) is 7.31. The third kappa shape index (κ3) is 4.81. The van der Waals surface area contributed by atoms with E-state index in [-0.39, 0.29) is 0 Å². The zero-order valence-electron chi connectivity index (χ0n) is 11.9. The smallest absolute Gasteiger partial charge is 0.316 e. The van der Waals surface area contributed by atoms with E-state index in [1.54, 1.807) is 13.2 Å². The molecule has 0 aliphatic carbocycles. The molecule has 0 aliphatic heterocycles. The van der Waals surface area contributed by atoms with Crippen LogP contribution in [0.4, 0.5) is 16.2 Å². The second-order valence-corrected chi connectivity index (χ2v) is 4.67. The summed E-state index contributed by atoms with van der Waals surface area (Å²) >= 11 is 0. The highest BCUT2D eigenvalue weighted by Crippen LogP contribution is 2.16. The Labute approximate surface area is 124 Å². The van der Waals surface area contributed by atoms with Crippen molar-refractivity contribution in [2.45, 2.75) is 13.2 Å². The van der Waals surface area contributed by atoms with Gasteiger partial charge in [0.25, 0.3) is 0 Å². The molecule has 110 valence electrons. The quantitative estimate of drug-likeness (QED) is 0.763. The van der Waals surface area contributed by atoms with E-state index in [4.69, 9.17) is 10.5 Å².